The minimum absolute atomic E-state index is 0.246. The number of hydrogen-bond donors (Lipinski definition) is 2. The van der Waals surface area contributed by atoms with E-state index in [2.05, 4.69) is 50.4 Å². The lowest BCUT2D eigenvalue weighted by atomic mass is 10.2. The molecule has 1 aromatic carbocycles. The number of hydrogen-bond acceptors (Lipinski definition) is 4. The number of nitrogens with one attached hydrogen (secondary N) is 2. The zero-order valence-corrected chi connectivity index (χ0v) is 15.4. The van der Waals surface area contributed by atoms with Crippen molar-refractivity contribution in [2.45, 2.75) is 40.2 Å². The maximum atomic E-state index is 12.4. The molecule has 1 atom stereocenters. The summed E-state index contributed by atoms with van der Waals surface area (Å²) in [5.74, 6) is 0.990. The van der Waals surface area contributed by atoms with Crippen LogP contribution < -0.4 is 10.6 Å². The van der Waals surface area contributed by atoms with E-state index < -0.39 is 0 Å². The fourth-order valence-electron chi connectivity index (χ4n) is 2.03. The standard InChI is InChI=1S/C17H21BrN4O/c1-5-11(3)19-16-9-15(20-12(4)21-16)17(23)22-13-6-7-14(18)10(2)8-13/h6-9,11H,5H2,1-4H3,(H,22,23)(H,19,20,21). The van der Waals surface area contributed by atoms with E-state index >= 15 is 0 Å². The number of carbonyl (C=O) groups excluding carboxylic acids is 1. The Hall–Kier alpha value is -1.95. The van der Waals surface area contributed by atoms with E-state index in [0.29, 0.717) is 17.3 Å². The molecule has 0 aliphatic carbocycles. The van der Waals surface area contributed by atoms with E-state index in [4.69, 9.17) is 0 Å². The molecule has 1 unspecified atom stereocenters. The molecule has 1 aromatic heterocycles. The predicted molar refractivity (Wildman–Crippen MR) is 97.0 cm³/mol. The third-order valence-electron chi connectivity index (χ3n) is 3.49. The first kappa shape index (κ1) is 17.4. The summed E-state index contributed by atoms with van der Waals surface area (Å²) in [6.07, 6.45) is 0.975. The van der Waals surface area contributed by atoms with Crippen molar-refractivity contribution in [1.82, 2.24) is 9.97 Å². The number of amides is 1. The molecule has 0 radical (unpaired) electrons. The van der Waals surface area contributed by atoms with Gasteiger partial charge in [-0.2, -0.15) is 0 Å². The lowest BCUT2D eigenvalue weighted by Crippen LogP contribution is -2.18. The van der Waals surface area contributed by atoms with Crippen molar-refractivity contribution in [2.75, 3.05) is 10.6 Å². The van der Waals surface area contributed by atoms with Crippen LogP contribution in [0.5, 0.6) is 0 Å². The molecular formula is C17H21BrN4O. The normalized spacial score (nSPS) is 11.9. The monoisotopic (exact) mass is 376 g/mol. The molecule has 0 saturated carbocycles. The van der Waals surface area contributed by atoms with Gasteiger partial charge < -0.3 is 10.6 Å². The van der Waals surface area contributed by atoms with E-state index in [1.54, 1.807) is 13.0 Å². The number of carbonyl (C=O) groups is 1. The van der Waals surface area contributed by atoms with Crippen LogP contribution in [0.25, 0.3) is 0 Å². The zero-order valence-electron chi connectivity index (χ0n) is 13.8. The van der Waals surface area contributed by atoms with Gasteiger partial charge >= 0.3 is 0 Å². The number of rotatable bonds is 5. The Labute approximate surface area is 145 Å². The minimum atomic E-state index is -0.246. The summed E-state index contributed by atoms with van der Waals surface area (Å²) < 4.78 is 1.01. The Bertz CT molecular complexity index is 718. The summed E-state index contributed by atoms with van der Waals surface area (Å²) >= 11 is 3.45. The summed E-state index contributed by atoms with van der Waals surface area (Å²) in [5, 5.41) is 6.14. The van der Waals surface area contributed by atoms with Crippen LogP contribution in [0.1, 0.15) is 42.1 Å². The van der Waals surface area contributed by atoms with Gasteiger partial charge in [0.1, 0.15) is 17.3 Å². The summed E-state index contributed by atoms with van der Waals surface area (Å²) in [4.78, 5) is 21.0. The van der Waals surface area contributed by atoms with Gasteiger partial charge in [-0.3, -0.25) is 4.79 Å². The first-order valence-corrected chi connectivity index (χ1v) is 8.38. The van der Waals surface area contributed by atoms with Gasteiger partial charge in [0.15, 0.2) is 0 Å². The molecule has 122 valence electrons. The maximum Gasteiger partial charge on any atom is 0.274 e. The molecule has 6 heteroatoms. The second-order valence-electron chi connectivity index (χ2n) is 5.56. The van der Waals surface area contributed by atoms with Crippen molar-refractivity contribution in [2.24, 2.45) is 0 Å². The summed E-state index contributed by atoms with van der Waals surface area (Å²) in [5.41, 5.74) is 2.15. The molecule has 0 saturated heterocycles. The van der Waals surface area contributed by atoms with Crippen LogP contribution >= 0.6 is 15.9 Å². The molecule has 1 amide bonds. The van der Waals surface area contributed by atoms with Crippen molar-refractivity contribution in [3.63, 3.8) is 0 Å². The predicted octanol–water partition coefficient (Wildman–Crippen LogP) is 4.32. The fraction of sp³-hybridized carbons (Fsp3) is 0.353. The van der Waals surface area contributed by atoms with E-state index in [0.717, 1.165) is 22.1 Å². The second-order valence-corrected chi connectivity index (χ2v) is 6.41. The van der Waals surface area contributed by atoms with Gasteiger partial charge in [-0.15, -0.1) is 0 Å². The van der Waals surface area contributed by atoms with E-state index in [1.807, 2.05) is 25.1 Å². The molecule has 0 fully saturated rings. The molecule has 2 rings (SSSR count). The van der Waals surface area contributed by atoms with E-state index in [9.17, 15) is 4.79 Å². The Morgan fingerprint density at radius 3 is 2.65 bits per heavy atom. The second kappa shape index (κ2) is 7.55. The Balaban J connectivity index is 2.19. The number of aryl methyl sites for hydroxylation is 2. The zero-order chi connectivity index (χ0) is 17.0. The molecule has 0 aliphatic heterocycles. The largest absolute Gasteiger partial charge is 0.368 e. The Morgan fingerprint density at radius 2 is 2.00 bits per heavy atom. The molecule has 0 bridgehead atoms. The lowest BCUT2D eigenvalue weighted by Gasteiger charge is -2.13. The summed E-state index contributed by atoms with van der Waals surface area (Å²) in [7, 11) is 0. The highest BCUT2D eigenvalue weighted by molar-refractivity contribution is 9.10. The SMILES string of the molecule is CCC(C)Nc1cc(C(=O)Nc2ccc(Br)c(C)c2)nc(C)n1. The average molecular weight is 377 g/mol. The minimum Gasteiger partial charge on any atom is -0.368 e. The smallest absolute Gasteiger partial charge is 0.274 e. The molecule has 1 heterocycles. The molecule has 5 nitrogen and oxygen atoms in total. The lowest BCUT2D eigenvalue weighted by molar-refractivity contribution is 0.102. The topological polar surface area (TPSA) is 66.9 Å². The van der Waals surface area contributed by atoms with Crippen LogP contribution in [0.2, 0.25) is 0 Å². The van der Waals surface area contributed by atoms with Gasteiger partial charge in [0.2, 0.25) is 0 Å². The van der Waals surface area contributed by atoms with Gasteiger partial charge in [-0.05, 0) is 51.0 Å². The van der Waals surface area contributed by atoms with Gasteiger partial charge in [0, 0.05) is 22.3 Å². The number of aromatic nitrogens is 2. The Morgan fingerprint density at radius 1 is 1.26 bits per heavy atom. The van der Waals surface area contributed by atoms with Gasteiger partial charge in [-0.25, -0.2) is 9.97 Å². The average Bonchev–Trinajstić information content (AvgIpc) is 2.50. The van der Waals surface area contributed by atoms with Crippen molar-refractivity contribution in [3.8, 4) is 0 Å². The van der Waals surface area contributed by atoms with Crippen LogP contribution in [0.15, 0.2) is 28.7 Å². The van der Waals surface area contributed by atoms with Crippen LogP contribution in [-0.2, 0) is 0 Å². The van der Waals surface area contributed by atoms with E-state index in [1.165, 1.54) is 0 Å². The molecule has 0 spiro atoms. The van der Waals surface area contributed by atoms with Crippen molar-refractivity contribution < 1.29 is 4.79 Å². The van der Waals surface area contributed by atoms with E-state index in [-0.39, 0.29) is 11.9 Å². The first-order chi connectivity index (χ1) is 10.9. The number of anilines is 2. The van der Waals surface area contributed by atoms with Gasteiger partial charge in [-0.1, -0.05) is 22.9 Å². The fourth-order valence-corrected chi connectivity index (χ4v) is 2.28. The van der Waals surface area contributed by atoms with Crippen LogP contribution in [0.3, 0.4) is 0 Å². The highest BCUT2D eigenvalue weighted by Crippen LogP contribution is 2.20. The van der Waals surface area contributed by atoms with Crippen LogP contribution in [0, 0.1) is 13.8 Å². The first-order valence-electron chi connectivity index (χ1n) is 7.58. The third kappa shape index (κ3) is 4.76. The molecule has 23 heavy (non-hydrogen) atoms. The van der Waals surface area contributed by atoms with Crippen molar-refractivity contribution in [3.05, 3.63) is 45.8 Å². The molecular weight excluding hydrogens is 356 g/mol. The summed E-state index contributed by atoms with van der Waals surface area (Å²) in [6, 6.07) is 7.64. The molecule has 2 aromatic rings. The number of nitrogens with zero attached hydrogens (tertiary/aromatic N) is 2. The van der Waals surface area contributed by atoms with Gasteiger partial charge in [0.25, 0.3) is 5.91 Å². The highest BCUT2D eigenvalue weighted by Gasteiger charge is 2.12. The maximum absolute atomic E-state index is 12.4. The third-order valence-corrected chi connectivity index (χ3v) is 4.38. The number of benzene rings is 1. The van der Waals surface area contributed by atoms with Crippen LogP contribution in [-0.4, -0.2) is 21.9 Å². The van der Waals surface area contributed by atoms with Gasteiger partial charge in [0.05, 0.1) is 0 Å². The molecule has 0 aliphatic rings. The highest BCUT2D eigenvalue weighted by atomic mass is 79.9. The number of halogens is 1. The van der Waals surface area contributed by atoms with Crippen molar-refractivity contribution >= 4 is 33.3 Å². The quantitative estimate of drug-likeness (QED) is 0.815. The summed E-state index contributed by atoms with van der Waals surface area (Å²) in [6.45, 7) is 7.92. The Kier molecular flexibility index (Phi) is 5.71. The van der Waals surface area contributed by atoms with Crippen LogP contribution in [0.4, 0.5) is 11.5 Å². The molecule has 2 N–H and O–H groups in total. The van der Waals surface area contributed by atoms with Crippen molar-refractivity contribution in [1.29, 1.82) is 0 Å².